The number of carbonyl (C=O) groups excluding carboxylic acids is 1. The molecular weight excluding hydrogens is 408 g/mol. The van der Waals surface area contributed by atoms with Gasteiger partial charge < -0.3 is 15.6 Å². The van der Waals surface area contributed by atoms with Crippen molar-refractivity contribution in [1.82, 2.24) is 15.3 Å². The predicted octanol–water partition coefficient (Wildman–Crippen LogP) is 6.54. The van der Waals surface area contributed by atoms with E-state index in [2.05, 4.69) is 39.7 Å². The zero-order valence-electron chi connectivity index (χ0n) is 19.2. The Labute approximate surface area is 195 Å². The number of nitrogens with zero attached hydrogens (tertiary/aromatic N) is 1. The van der Waals surface area contributed by atoms with Crippen LogP contribution in [0.4, 0.5) is 5.95 Å². The van der Waals surface area contributed by atoms with Crippen LogP contribution in [0.1, 0.15) is 54.9 Å². The van der Waals surface area contributed by atoms with E-state index in [4.69, 9.17) is 0 Å². The summed E-state index contributed by atoms with van der Waals surface area (Å²) in [6, 6.07) is 23.8. The quantitative estimate of drug-likeness (QED) is 0.232. The molecule has 33 heavy (non-hydrogen) atoms. The second-order valence-electron chi connectivity index (χ2n) is 8.41. The lowest BCUT2D eigenvalue weighted by atomic mass is 10.0. The van der Waals surface area contributed by atoms with Crippen LogP contribution in [-0.2, 0) is 6.54 Å². The third-order valence-electron chi connectivity index (χ3n) is 5.81. The number of imidazole rings is 1. The first kappa shape index (κ1) is 22.6. The third kappa shape index (κ3) is 6.22. The normalized spacial score (nSPS) is 10.9. The molecule has 1 amide bonds. The van der Waals surface area contributed by atoms with Gasteiger partial charge >= 0.3 is 0 Å². The summed E-state index contributed by atoms with van der Waals surface area (Å²) >= 11 is 0. The van der Waals surface area contributed by atoms with E-state index in [1.807, 2.05) is 60.7 Å². The highest BCUT2D eigenvalue weighted by Crippen LogP contribution is 2.25. The van der Waals surface area contributed by atoms with Crippen molar-refractivity contribution in [3.8, 4) is 11.1 Å². The van der Waals surface area contributed by atoms with Gasteiger partial charge in [-0.3, -0.25) is 4.79 Å². The molecule has 4 aromatic rings. The molecule has 0 aliphatic carbocycles. The molecule has 5 heteroatoms. The van der Waals surface area contributed by atoms with Crippen molar-refractivity contribution in [1.29, 1.82) is 0 Å². The van der Waals surface area contributed by atoms with Crippen LogP contribution in [0, 0.1) is 0 Å². The van der Waals surface area contributed by atoms with E-state index in [0.29, 0.717) is 12.1 Å². The Morgan fingerprint density at radius 3 is 2.55 bits per heavy atom. The number of carbonyl (C=O) groups is 1. The van der Waals surface area contributed by atoms with Gasteiger partial charge in [-0.1, -0.05) is 81.1 Å². The zero-order chi connectivity index (χ0) is 22.9. The number of aromatic nitrogens is 2. The molecule has 0 aliphatic heterocycles. The molecule has 0 spiro atoms. The Balaban J connectivity index is 1.40. The smallest absolute Gasteiger partial charge is 0.251 e. The first-order valence-corrected chi connectivity index (χ1v) is 11.9. The molecule has 4 rings (SSSR count). The number of benzene rings is 3. The minimum Gasteiger partial charge on any atom is -0.356 e. The van der Waals surface area contributed by atoms with Gasteiger partial charge in [-0.25, -0.2) is 4.98 Å². The first-order valence-electron chi connectivity index (χ1n) is 11.9. The Morgan fingerprint density at radius 1 is 0.879 bits per heavy atom. The summed E-state index contributed by atoms with van der Waals surface area (Å²) < 4.78 is 0. The van der Waals surface area contributed by atoms with E-state index < -0.39 is 0 Å². The standard InChI is InChI=1S/C28H32N4O/c1-2-3-4-5-9-17-29-28-31-25-16-15-23(19-26(25)32-28)22-13-10-14-24(18-22)27(33)30-20-21-11-7-6-8-12-21/h6-8,10-16,18-19H,2-5,9,17,20H2,1H3,(H,30,33)(H2,29,31,32). The molecule has 0 unspecified atom stereocenters. The van der Waals surface area contributed by atoms with E-state index in [-0.39, 0.29) is 5.91 Å². The van der Waals surface area contributed by atoms with Gasteiger partial charge in [0.15, 0.2) is 0 Å². The average Bonchev–Trinajstić information content (AvgIpc) is 3.27. The lowest BCUT2D eigenvalue weighted by molar-refractivity contribution is 0.0951. The van der Waals surface area contributed by atoms with Crippen molar-refractivity contribution in [2.45, 2.75) is 45.6 Å². The number of hydrogen-bond donors (Lipinski definition) is 3. The number of aromatic amines is 1. The van der Waals surface area contributed by atoms with Crippen LogP contribution in [0.3, 0.4) is 0 Å². The summed E-state index contributed by atoms with van der Waals surface area (Å²) in [4.78, 5) is 20.7. The molecule has 0 radical (unpaired) electrons. The van der Waals surface area contributed by atoms with E-state index in [0.717, 1.165) is 46.6 Å². The Kier molecular flexibility index (Phi) is 7.75. The maximum absolute atomic E-state index is 12.7. The van der Waals surface area contributed by atoms with Crippen molar-refractivity contribution in [3.63, 3.8) is 0 Å². The van der Waals surface area contributed by atoms with Gasteiger partial charge in [0.25, 0.3) is 5.91 Å². The van der Waals surface area contributed by atoms with Crippen LogP contribution < -0.4 is 10.6 Å². The molecule has 0 atom stereocenters. The predicted molar refractivity (Wildman–Crippen MR) is 136 cm³/mol. The molecule has 3 N–H and O–H groups in total. The summed E-state index contributed by atoms with van der Waals surface area (Å²) in [6.07, 6.45) is 6.27. The molecule has 1 heterocycles. The van der Waals surface area contributed by atoms with Gasteiger partial charge in [-0.05, 0) is 47.4 Å². The maximum atomic E-state index is 12.7. The van der Waals surface area contributed by atoms with Gasteiger partial charge in [-0.15, -0.1) is 0 Å². The number of hydrogen-bond acceptors (Lipinski definition) is 3. The fourth-order valence-corrected chi connectivity index (χ4v) is 3.93. The van der Waals surface area contributed by atoms with E-state index in [1.54, 1.807) is 0 Å². The maximum Gasteiger partial charge on any atom is 0.251 e. The summed E-state index contributed by atoms with van der Waals surface area (Å²) in [5.74, 6) is 0.737. The van der Waals surface area contributed by atoms with Crippen molar-refractivity contribution in [2.75, 3.05) is 11.9 Å². The molecule has 170 valence electrons. The number of H-pyrrole nitrogens is 1. The fraction of sp³-hybridized carbons (Fsp3) is 0.286. The van der Waals surface area contributed by atoms with E-state index >= 15 is 0 Å². The van der Waals surface area contributed by atoms with Crippen molar-refractivity contribution < 1.29 is 4.79 Å². The molecule has 0 aliphatic rings. The minimum absolute atomic E-state index is 0.0752. The number of unbranched alkanes of at least 4 members (excludes halogenated alkanes) is 4. The molecule has 1 aromatic heterocycles. The number of anilines is 1. The summed E-state index contributed by atoms with van der Waals surface area (Å²) in [6.45, 7) is 3.67. The molecule has 5 nitrogen and oxygen atoms in total. The van der Waals surface area contributed by atoms with Crippen molar-refractivity contribution in [2.24, 2.45) is 0 Å². The van der Waals surface area contributed by atoms with E-state index in [9.17, 15) is 4.79 Å². The van der Waals surface area contributed by atoms with Gasteiger partial charge in [0.05, 0.1) is 11.0 Å². The van der Waals surface area contributed by atoms with Crippen LogP contribution in [0.15, 0.2) is 72.8 Å². The summed E-state index contributed by atoms with van der Waals surface area (Å²) in [5.41, 5.74) is 5.71. The number of fused-ring (bicyclic) bond motifs is 1. The lowest BCUT2D eigenvalue weighted by Crippen LogP contribution is -2.22. The van der Waals surface area contributed by atoms with E-state index in [1.165, 1.54) is 25.7 Å². The van der Waals surface area contributed by atoms with Crippen LogP contribution >= 0.6 is 0 Å². The highest BCUT2D eigenvalue weighted by atomic mass is 16.1. The molecule has 0 saturated heterocycles. The lowest BCUT2D eigenvalue weighted by Gasteiger charge is -2.08. The largest absolute Gasteiger partial charge is 0.356 e. The fourth-order valence-electron chi connectivity index (χ4n) is 3.93. The molecule has 0 bridgehead atoms. The number of nitrogens with one attached hydrogen (secondary N) is 3. The van der Waals surface area contributed by atoms with Gasteiger partial charge in [0, 0.05) is 18.7 Å². The van der Waals surface area contributed by atoms with Gasteiger partial charge in [0.1, 0.15) is 0 Å². The monoisotopic (exact) mass is 440 g/mol. The van der Waals surface area contributed by atoms with Gasteiger partial charge in [0.2, 0.25) is 5.95 Å². The highest BCUT2D eigenvalue weighted by Gasteiger charge is 2.09. The second-order valence-corrected chi connectivity index (χ2v) is 8.41. The number of amides is 1. The van der Waals surface area contributed by atoms with Crippen LogP contribution in [0.25, 0.3) is 22.2 Å². The van der Waals surface area contributed by atoms with Crippen molar-refractivity contribution in [3.05, 3.63) is 83.9 Å². The molecular formula is C28H32N4O. The van der Waals surface area contributed by atoms with Gasteiger partial charge in [-0.2, -0.15) is 0 Å². The zero-order valence-corrected chi connectivity index (χ0v) is 19.2. The average molecular weight is 441 g/mol. The van der Waals surface area contributed by atoms with Crippen LogP contribution in [0.5, 0.6) is 0 Å². The third-order valence-corrected chi connectivity index (χ3v) is 5.81. The minimum atomic E-state index is -0.0752. The number of rotatable bonds is 11. The first-order chi connectivity index (χ1) is 16.2. The highest BCUT2D eigenvalue weighted by molar-refractivity contribution is 5.95. The van der Waals surface area contributed by atoms with Crippen LogP contribution in [-0.4, -0.2) is 22.4 Å². The van der Waals surface area contributed by atoms with Crippen LogP contribution in [0.2, 0.25) is 0 Å². The Morgan fingerprint density at radius 2 is 1.70 bits per heavy atom. The molecule has 0 fully saturated rings. The summed E-state index contributed by atoms with van der Waals surface area (Å²) in [5, 5.41) is 6.40. The second kappa shape index (κ2) is 11.3. The molecule has 0 saturated carbocycles. The SMILES string of the molecule is CCCCCCCNc1nc2ccc(-c3cccc(C(=O)NCc4ccccc4)c3)cc2[nH]1. The Hall–Kier alpha value is -3.60. The topological polar surface area (TPSA) is 69.8 Å². The summed E-state index contributed by atoms with van der Waals surface area (Å²) in [7, 11) is 0. The molecule has 3 aromatic carbocycles. The Bertz CT molecular complexity index is 1180. The van der Waals surface area contributed by atoms with Crippen molar-refractivity contribution >= 4 is 22.9 Å².